The Kier molecular flexibility index (Phi) is 6.16. The quantitative estimate of drug-likeness (QED) is 0.268. The molecule has 0 radical (unpaired) electrons. The number of fused-ring (bicyclic) bond motifs is 1. The van der Waals surface area contributed by atoms with Crippen molar-refractivity contribution in [2.75, 3.05) is 6.61 Å². The van der Waals surface area contributed by atoms with E-state index in [-0.39, 0.29) is 5.91 Å². The maximum absolute atomic E-state index is 13.0. The highest BCUT2D eigenvalue weighted by Crippen LogP contribution is 2.32. The second-order valence-electron chi connectivity index (χ2n) is 8.03. The molecule has 170 valence electrons. The van der Waals surface area contributed by atoms with E-state index in [0.717, 1.165) is 41.2 Å². The number of nitrogens with zero attached hydrogens (tertiary/aromatic N) is 4. The molecule has 0 spiro atoms. The van der Waals surface area contributed by atoms with Gasteiger partial charge in [-0.1, -0.05) is 54.4 Å². The molecule has 5 rings (SSSR count). The highest BCUT2D eigenvalue weighted by molar-refractivity contribution is 6.00. The lowest BCUT2D eigenvalue weighted by Crippen LogP contribution is -2.13. The molecule has 0 atom stereocenters. The lowest BCUT2D eigenvalue weighted by molar-refractivity contribution is 0.0948. The van der Waals surface area contributed by atoms with Crippen molar-refractivity contribution in [1.29, 1.82) is 0 Å². The Balaban J connectivity index is 1.34. The van der Waals surface area contributed by atoms with Crippen LogP contribution in [0.1, 0.15) is 36.5 Å². The smallest absolute Gasteiger partial charge is 0.280 e. The first-order chi connectivity index (χ1) is 16.7. The summed E-state index contributed by atoms with van der Waals surface area (Å²) in [4.78, 5) is 13.0. The number of benzene rings is 3. The molecule has 2 aromatic heterocycles. The highest BCUT2D eigenvalue weighted by atomic mass is 16.5. The minimum Gasteiger partial charge on any atom is -0.494 e. The summed E-state index contributed by atoms with van der Waals surface area (Å²) in [5.74, 6) is 0.605. The van der Waals surface area contributed by atoms with Crippen molar-refractivity contribution in [2.45, 2.75) is 26.2 Å². The Morgan fingerprint density at radius 1 is 0.941 bits per heavy atom. The number of aromatic nitrogens is 4. The van der Waals surface area contributed by atoms with Crippen LogP contribution < -0.4 is 4.74 Å². The zero-order chi connectivity index (χ0) is 23.3. The SMILES string of the molecule is CCCCCOc1ccc(-c2nocc2-c2ccc(C(=O)n3nnc4ccccc43)cc2)cc1. The van der Waals surface area contributed by atoms with Crippen LogP contribution in [-0.4, -0.2) is 32.7 Å². The van der Waals surface area contributed by atoms with Crippen LogP contribution in [0.4, 0.5) is 0 Å². The number of para-hydroxylation sites is 1. The number of carbonyl (C=O) groups is 1. The van der Waals surface area contributed by atoms with Crippen molar-refractivity contribution >= 4 is 16.9 Å². The van der Waals surface area contributed by atoms with Crippen molar-refractivity contribution in [2.24, 2.45) is 0 Å². The van der Waals surface area contributed by atoms with E-state index in [9.17, 15) is 4.79 Å². The molecule has 7 nitrogen and oxygen atoms in total. The third-order valence-electron chi connectivity index (χ3n) is 5.70. The molecule has 2 heterocycles. The van der Waals surface area contributed by atoms with Gasteiger partial charge in [0.1, 0.15) is 23.2 Å². The van der Waals surface area contributed by atoms with E-state index in [1.807, 2.05) is 60.7 Å². The second-order valence-corrected chi connectivity index (χ2v) is 8.03. The summed E-state index contributed by atoms with van der Waals surface area (Å²) in [6.07, 6.45) is 5.01. The van der Waals surface area contributed by atoms with Crippen molar-refractivity contribution in [3.63, 3.8) is 0 Å². The van der Waals surface area contributed by atoms with Crippen LogP contribution in [0.2, 0.25) is 0 Å². The fourth-order valence-electron chi connectivity index (χ4n) is 3.83. The minimum absolute atomic E-state index is 0.236. The Labute approximate surface area is 197 Å². The van der Waals surface area contributed by atoms with E-state index >= 15 is 0 Å². The summed E-state index contributed by atoms with van der Waals surface area (Å²) in [5, 5.41) is 12.3. The van der Waals surface area contributed by atoms with Crippen molar-refractivity contribution < 1.29 is 14.1 Å². The van der Waals surface area contributed by atoms with Gasteiger partial charge in [0.2, 0.25) is 0 Å². The zero-order valence-electron chi connectivity index (χ0n) is 18.8. The van der Waals surface area contributed by atoms with Crippen LogP contribution in [0, 0.1) is 0 Å². The molecular weight excluding hydrogens is 428 g/mol. The molecule has 0 aliphatic rings. The van der Waals surface area contributed by atoms with Crippen LogP contribution in [0.3, 0.4) is 0 Å². The van der Waals surface area contributed by atoms with Crippen LogP contribution >= 0.6 is 0 Å². The molecule has 0 fully saturated rings. The van der Waals surface area contributed by atoms with E-state index in [4.69, 9.17) is 9.26 Å². The Morgan fingerprint density at radius 2 is 1.71 bits per heavy atom. The molecule has 0 N–H and O–H groups in total. The predicted molar refractivity (Wildman–Crippen MR) is 130 cm³/mol. The first kappa shape index (κ1) is 21.6. The van der Waals surface area contributed by atoms with E-state index in [1.165, 1.54) is 17.5 Å². The van der Waals surface area contributed by atoms with Gasteiger partial charge in [-0.2, -0.15) is 4.68 Å². The normalized spacial score (nSPS) is 11.1. The summed E-state index contributed by atoms with van der Waals surface area (Å²) in [6.45, 7) is 2.90. The van der Waals surface area contributed by atoms with Gasteiger partial charge in [0.15, 0.2) is 0 Å². The molecule has 0 saturated heterocycles. The molecule has 0 aliphatic carbocycles. The first-order valence-electron chi connectivity index (χ1n) is 11.4. The monoisotopic (exact) mass is 452 g/mol. The number of hydrogen-bond donors (Lipinski definition) is 0. The fourth-order valence-corrected chi connectivity index (χ4v) is 3.83. The standard InChI is InChI=1S/C27H24N4O3/c1-2-3-6-17-33-22-15-13-20(14-16-22)26-23(18-34-29-26)19-9-11-21(12-10-19)27(32)31-25-8-5-4-7-24(25)28-30-31/h4-5,7-16,18H,2-3,6,17H2,1H3. The van der Waals surface area contributed by atoms with Crippen molar-refractivity contribution in [3.8, 4) is 28.1 Å². The van der Waals surface area contributed by atoms with Gasteiger partial charge < -0.3 is 9.26 Å². The van der Waals surface area contributed by atoms with Crippen molar-refractivity contribution in [3.05, 3.63) is 84.6 Å². The fraction of sp³-hybridized carbons (Fsp3) is 0.185. The van der Waals surface area contributed by atoms with Crippen LogP contribution in [-0.2, 0) is 0 Å². The summed E-state index contributed by atoms with van der Waals surface area (Å²) >= 11 is 0. The molecule has 0 bridgehead atoms. The van der Waals surface area contributed by atoms with Crippen LogP contribution in [0.5, 0.6) is 5.75 Å². The van der Waals surface area contributed by atoms with Crippen LogP contribution in [0.15, 0.2) is 83.6 Å². The third-order valence-corrected chi connectivity index (χ3v) is 5.70. The lowest BCUT2D eigenvalue weighted by atomic mass is 10.0. The lowest BCUT2D eigenvalue weighted by Gasteiger charge is -2.07. The van der Waals surface area contributed by atoms with Gasteiger partial charge in [-0.05, 0) is 60.5 Å². The molecule has 3 aromatic carbocycles. The first-order valence-corrected chi connectivity index (χ1v) is 11.4. The minimum atomic E-state index is -0.236. The van der Waals surface area contributed by atoms with Gasteiger partial charge in [-0.15, -0.1) is 5.10 Å². The number of hydrogen-bond acceptors (Lipinski definition) is 6. The second kappa shape index (κ2) is 9.70. The van der Waals surface area contributed by atoms with Gasteiger partial charge in [-0.25, -0.2) is 0 Å². The van der Waals surface area contributed by atoms with Crippen LogP contribution in [0.25, 0.3) is 33.4 Å². The average molecular weight is 453 g/mol. The van der Waals surface area contributed by atoms with E-state index in [1.54, 1.807) is 18.4 Å². The molecule has 0 aliphatic heterocycles. The van der Waals surface area contributed by atoms with Crippen molar-refractivity contribution in [1.82, 2.24) is 20.2 Å². The Hall–Kier alpha value is -4.26. The maximum atomic E-state index is 13.0. The van der Waals surface area contributed by atoms with Gasteiger partial charge in [0.25, 0.3) is 5.91 Å². The largest absolute Gasteiger partial charge is 0.494 e. The third kappa shape index (κ3) is 4.32. The Bertz CT molecular complexity index is 1400. The van der Waals surface area contributed by atoms with Gasteiger partial charge in [-0.3, -0.25) is 4.79 Å². The summed E-state index contributed by atoms with van der Waals surface area (Å²) in [6, 6.07) is 22.5. The molecule has 34 heavy (non-hydrogen) atoms. The summed E-state index contributed by atoms with van der Waals surface area (Å²) in [7, 11) is 0. The number of rotatable bonds is 8. The Morgan fingerprint density at radius 3 is 2.50 bits per heavy atom. The predicted octanol–water partition coefficient (Wildman–Crippen LogP) is 6.01. The molecule has 0 saturated carbocycles. The van der Waals surface area contributed by atoms with Gasteiger partial charge >= 0.3 is 0 Å². The molecule has 5 aromatic rings. The number of carbonyl (C=O) groups excluding carboxylic acids is 1. The molecule has 0 amide bonds. The molecule has 7 heteroatoms. The highest BCUT2D eigenvalue weighted by Gasteiger charge is 2.16. The number of unbranched alkanes of at least 4 members (excludes halogenated alkanes) is 2. The number of ether oxygens (including phenoxy) is 1. The summed E-state index contributed by atoms with van der Waals surface area (Å²) < 4.78 is 12.4. The topological polar surface area (TPSA) is 83.0 Å². The van der Waals surface area contributed by atoms with Gasteiger partial charge in [0, 0.05) is 16.7 Å². The van der Waals surface area contributed by atoms with E-state index < -0.39 is 0 Å². The van der Waals surface area contributed by atoms with E-state index in [2.05, 4.69) is 22.4 Å². The maximum Gasteiger partial charge on any atom is 0.280 e. The zero-order valence-corrected chi connectivity index (χ0v) is 18.8. The average Bonchev–Trinajstić information content (AvgIpc) is 3.54. The molecular formula is C27H24N4O3. The van der Waals surface area contributed by atoms with Gasteiger partial charge in [0.05, 0.1) is 12.1 Å². The molecule has 0 unspecified atom stereocenters. The summed E-state index contributed by atoms with van der Waals surface area (Å²) in [5.41, 5.74) is 5.28. The van der Waals surface area contributed by atoms with E-state index in [0.29, 0.717) is 16.6 Å².